The fourth-order valence-electron chi connectivity index (χ4n) is 0.607. The highest BCUT2D eigenvalue weighted by Crippen LogP contribution is 2.06. The molecule has 3 N–H and O–H groups in total. The molecule has 1 aromatic heterocycles. The molecule has 82 valence electrons. The van der Waals surface area contributed by atoms with Crippen molar-refractivity contribution in [2.45, 2.75) is 13.3 Å². The Morgan fingerprint density at radius 1 is 1.21 bits per heavy atom. The van der Waals surface area contributed by atoms with Crippen molar-refractivity contribution >= 4 is 7.25 Å². The summed E-state index contributed by atoms with van der Waals surface area (Å²) in [5, 5.41) is 0. The molecule has 14 heavy (non-hydrogen) atoms. The molecule has 0 aromatic carbocycles. The van der Waals surface area contributed by atoms with Crippen LogP contribution in [0.3, 0.4) is 0 Å². The van der Waals surface area contributed by atoms with Gasteiger partial charge in [0.2, 0.25) is 0 Å². The van der Waals surface area contributed by atoms with Gasteiger partial charge in [-0.25, -0.2) is 0 Å². The Bertz CT molecular complexity index is 221. The lowest BCUT2D eigenvalue weighted by Gasteiger charge is -1.94. The van der Waals surface area contributed by atoms with E-state index in [4.69, 9.17) is 0 Å². The molecule has 2 nitrogen and oxygen atoms in total. The van der Waals surface area contributed by atoms with E-state index in [9.17, 15) is 17.3 Å². The highest BCUT2D eigenvalue weighted by atomic mass is 19.5. The number of pyridine rings is 1. The van der Waals surface area contributed by atoms with Gasteiger partial charge in [-0.05, 0) is 18.6 Å². The second-order valence-corrected chi connectivity index (χ2v) is 2.17. The molecule has 0 aliphatic rings. The molecule has 0 saturated carbocycles. The van der Waals surface area contributed by atoms with E-state index in [2.05, 4.69) is 11.9 Å². The average Bonchev–Trinajstić information content (AvgIpc) is 2.03. The number of rotatable bonds is 1. The Hall–Kier alpha value is -1.11. The van der Waals surface area contributed by atoms with E-state index in [-0.39, 0.29) is 6.15 Å². The maximum atomic E-state index is 9.75. The highest BCUT2D eigenvalue weighted by molar-refractivity contribution is 6.50. The molecule has 0 amide bonds. The van der Waals surface area contributed by atoms with E-state index in [0.29, 0.717) is 0 Å². The first kappa shape index (κ1) is 15.4. The predicted molar refractivity (Wildman–Crippen MR) is 48.8 cm³/mol. The van der Waals surface area contributed by atoms with Crippen LogP contribution < -0.4 is 6.15 Å². The second-order valence-electron chi connectivity index (χ2n) is 2.17. The molecule has 0 saturated heterocycles. The normalized spacial score (nSPS) is 9.50. The van der Waals surface area contributed by atoms with Crippen LogP contribution in [0, 0.1) is 0 Å². The van der Waals surface area contributed by atoms with Crippen molar-refractivity contribution < 1.29 is 17.3 Å². The standard InChI is InChI=1S/C7H9N.BF4.H3N/c1-2-7-5-3-4-6-8-7;2-1(3,4)5;/h3-6H,2H2,1H3;;1H3/q;-1;. The van der Waals surface area contributed by atoms with Crippen molar-refractivity contribution in [2.24, 2.45) is 0 Å². The summed E-state index contributed by atoms with van der Waals surface area (Å²) in [6.07, 6.45) is 2.85. The Morgan fingerprint density at radius 2 is 1.71 bits per heavy atom. The summed E-state index contributed by atoms with van der Waals surface area (Å²) in [7, 11) is -6.00. The van der Waals surface area contributed by atoms with Gasteiger partial charge < -0.3 is 23.4 Å². The molecule has 0 spiro atoms. The van der Waals surface area contributed by atoms with Crippen molar-refractivity contribution in [1.29, 1.82) is 0 Å². The molecule has 0 radical (unpaired) electrons. The van der Waals surface area contributed by atoms with E-state index in [1.54, 1.807) is 0 Å². The molecule has 0 unspecified atom stereocenters. The monoisotopic (exact) mass is 211 g/mol. The molecule has 1 aromatic rings. The van der Waals surface area contributed by atoms with Crippen molar-refractivity contribution in [3.05, 3.63) is 30.1 Å². The van der Waals surface area contributed by atoms with E-state index < -0.39 is 7.25 Å². The van der Waals surface area contributed by atoms with Gasteiger partial charge in [0, 0.05) is 11.9 Å². The van der Waals surface area contributed by atoms with Crippen LogP contribution in [0.5, 0.6) is 0 Å². The summed E-state index contributed by atoms with van der Waals surface area (Å²) in [4.78, 5) is 4.10. The van der Waals surface area contributed by atoms with Gasteiger partial charge in [-0.3, -0.25) is 4.98 Å². The van der Waals surface area contributed by atoms with Gasteiger partial charge in [-0.1, -0.05) is 13.0 Å². The number of halogens is 4. The molecule has 0 atom stereocenters. The minimum Gasteiger partial charge on any atom is -0.418 e. The second kappa shape index (κ2) is 7.31. The van der Waals surface area contributed by atoms with Crippen molar-refractivity contribution in [3.63, 3.8) is 0 Å². The fourth-order valence-corrected chi connectivity index (χ4v) is 0.607. The maximum absolute atomic E-state index is 9.75. The Morgan fingerprint density at radius 3 is 1.93 bits per heavy atom. The molecule has 0 fully saturated rings. The van der Waals surface area contributed by atoms with Gasteiger partial charge in [0.25, 0.3) is 0 Å². The highest BCUT2D eigenvalue weighted by Gasteiger charge is 2.20. The van der Waals surface area contributed by atoms with E-state index in [1.165, 1.54) is 0 Å². The van der Waals surface area contributed by atoms with Crippen LogP contribution >= 0.6 is 0 Å². The van der Waals surface area contributed by atoms with E-state index >= 15 is 0 Å². The van der Waals surface area contributed by atoms with Crippen LogP contribution in [0.2, 0.25) is 0 Å². The van der Waals surface area contributed by atoms with Crippen molar-refractivity contribution in [1.82, 2.24) is 11.1 Å². The first-order valence-corrected chi connectivity index (χ1v) is 3.70. The zero-order valence-corrected chi connectivity index (χ0v) is 7.76. The zero-order chi connectivity index (χ0) is 10.3. The molecule has 1 heterocycles. The molecule has 0 aliphatic heterocycles. The largest absolute Gasteiger partial charge is 0.673 e. The van der Waals surface area contributed by atoms with Crippen LogP contribution in [0.25, 0.3) is 0 Å². The predicted octanol–water partition coefficient (Wildman–Crippen LogP) is 3.11. The van der Waals surface area contributed by atoms with Crippen LogP contribution in [-0.2, 0) is 6.42 Å². The third-order valence-electron chi connectivity index (χ3n) is 1.09. The Kier molecular flexibility index (Phi) is 8.03. The minimum absolute atomic E-state index is 0. The summed E-state index contributed by atoms with van der Waals surface area (Å²) in [5.74, 6) is 0. The average molecular weight is 211 g/mol. The van der Waals surface area contributed by atoms with Gasteiger partial charge in [-0.15, -0.1) is 0 Å². The van der Waals surface area contributed by atoms with Crippen LogP contribution in [0.1, 0.15) is 12.6 Å². The van der Waals surface area contributed by atoms with Gasteiger partial charge in [0.1, 0.15) is 0 Å². The number of nitrogens with zero attached hydrogens (tertiary/aromatic N) is 1. The van der Waals surface area contributed by atoms with Crippen LogP contribution in [0.15, 0.2) is 24.4 Å². The lowest BCUT2D eigenvalue weighted by atomic mass is 10.3. The lowest BCUT2D eigenvalue weighted by molar-refractivity contribution is 0.368. The van der Waals surface area contributed by atoms with E-state index in [0.717, 1.165) is 12.1 Å². The summed E-state index contributed by atoms with van der Waals surface area (Å²) in [6, 6.07) is 5.96. The quantitative estimate of drug-likeness (QED) is 0.572. The Labute approximate surface area is 80.0 Å². The molecular weight excluding hydrogens is 199 g/mol. The van der Waals surface area contributed by atoms with Gasteiger partial charge in [0.15, 0.2) is 0 Å². The summed E-state index contributed by atoms with van der Waals surface area (Å²) >= 11 is 0. The summed E-state index contributed by atoms with van der Waals surface area (Å²) < 4.78 is 39.0. The minimum atomic E-state index is -6.00. The number of aromatic nitrogens is 1. The maximum Gasteiger partial charge on any atom is 0.673 e. The number of aryl methyl sites for hydroxylation is 1. The first-order chi connectivity index (χ1) is 5.93. The van der Waals surface area contributed by atoms with Crippen molar-refractivity contribution in [3.8, 4) is 0 Å². The van der Waals surface area contributed by atoms with Gasteiger partial charge in [0.05, 0.1) is 0 Å². The topological polar surface area (TPSA) is 47.9 Å². The van der Waals surface area contributed by atoms with E-state index in [1.807, 2.05) is 24.4 Å². The zero-order valence-electron chi connectivity index (χ0n) is 7.76. The smallest absolute Gasteiger partial charge is 0.418 e. The SMILES string of the molecule is CCc1ccccn1.F[B-](F)(F)F.N. The van der Waals surface area contributed by atoms with Crippen LogP contribution in [-0.4, -0.2) is 12.2 Å². The summed E-state index contributed by atoms with van der Waals surface area (Å²) in [6.45, 7) is 2.10. The first-order valence-electron chi connectivity index (χ1n) is 3.70. The third kappa shape index (κ3) is 13.5. The third-order valence-corrected chi connectivity index (χ3v) is 1.09. The number of hydrogen-bond acceptors (Lipinski definition) is 2. The molecule has 0 bridgehead atoms. The van der Waals surface area contributed by atoms with Crippen LogP contribution in [0.4, 0.5) is 17.3 Å². The van der Waals surface area contributed by atoms with Gasteiger partial charge in [-0.2, -0.15) is 0 Å². The Balaban J connectivity index is 0. The fraction of sp³-hybridized carbons (Fsp3) is 0.286. The number of hydrogen-bond donors (Lipinski definition) is 1. The lowest BCUT2D eigenvalue weighted by Crippen LogP contribution is -2.02. The molecule has 1 rings (SSSR count). The molecular formula is C7H12BF4N2-. The molecule has 7 heteroatoms. The summed E-state index contributed by atoms with van der Waals surface area (Å²) in [5.41, 5.74) is 1.16. The van der Waals surface area contributed by atoms with Gasteiger partial charge >= 0.3 is 7.25 Å². The molecule has 0 aliphatic carbocycles. The van der Waals surface area contributed by atoms with Crippen molar-refractivity contribution in [2.75, 3.05) is 0 Å².